The smallest absolute Gasteiger partial charge is 0.302 e. The molecule has 1 aliphatic rings. The van der Waals surface area contributed by atoms with Crippen LogP contribution in [0, 0.1) is 0 Å². The number of benzene rings is 1. The third-order valence-corrected chi connectivity index (χ3v) is 3.29. The van der Waals surface area contributed by atoms with E-state index in [1.165, 1.54) is 14.0 Å². The number of phenolic OH excluding ortho intramolecular Hbond substituents is 1. The van der Waals surface area contributed by atoms with Crippen LogP contribution in [0.5, 0.6) is 17.2 Å². The number of ketones is 1. The molecule has 0 aliphatic carbocycles. The Labute approximate surface area is 122 Å². The Kier molecular flexibility index (Phi) is 4.35. The minimum atomic E-state index is -0.403. The van der Waals surface area contributed by atoms with Crippen molar-refractivity contribution in [2.24, 2.45) is 0 Å². The van der Waals surface area contributed by atoms with Gasteiger partial charge in [-0.05, 0) is 6.92 Å². The summed E-state index contributed by atoms with van der Waals surface area (Å²) in [5.41, 5.74) is 0.607. The number of carbonyl (C=O) groups excluding carboxylic acids is 2. The van der Waals surface area contributed by atoms with E-state index in [1.807, 2.05) is 0 Å². The number of ether oxygens (including phenoxy) is 3. The normalized spacial score (nSPS) is 16.9. The van der Waals surface area contributed by atoms with Gasteiger partial charge in [-0.1, -0.05) is 0 Å². The molecule has 1 aliphatic heterocycles. The SMILES string of the molecule is COc1cc2c(c(O)c1CCOC(C)=O)C(=O)C[C@@H](C)O2. The van der Waals surface area contributed by atoms with Gasteiger partial charge in [0, 0.05) is 31.4 Å². The lowest BCUT2D eigenvalue weighted by Gasteiger charge is -2.25. The monoisotopic (exact) mass is 294 g/mol. The molecule has 1 atom stereocenters. The largest absolute Gasteiger partial charge is 0.507 e. The lowest BCUT2D eigenvalue weighted by atomic mass is 9.96. The quantitative estimate of drug-likeness (QED) is 0.854. The second-order valence-electron chi connectivity index (χ2n) is 4.92. The van der Waals surface area contributed by atoms with Crippen LogP contribution in [0.2, 0.25) is 0 Å². The van der Waals surface area contributed by atoms with Gasteiger partial charge in [-0.15, -0.1) is 0 Å². The van der Waals surface area contributed by atoms with Gasteiger partial charge in [-0.2, -0.15) is 0 Å². The van der Waals surface area contributed by atoms with Crippen LogP contribution >= 0.6 is 0 Å². The number of fused-ring (bicyclic) bond motifs is 1. The van der Waals surface area contributed by atoms with Crippen LogP contribution in [0.1, 0.15) is 36.2 Å². The maximum absolute atomic E-state index is 12.1. The molecule has 2 rings (SSSR count). The highest BCUT2D eigenvalue weighted by atomic mass is 16.5. The van der Waals surface area contributed by atoms with E-state index in [0.29, 0.717) is 17.1 Å². The van der Waals surface area contributed by atoms with Gasteiger partial charge in [0.2, 0.25) is 0 Å². The highest BCUT2D eigenvalue weighted by Gasteiger charge is 2.30. The van der Waals surface area contributed by atoms with Gasteiger partial charge in [0.25, 0.3) is 0 Å². The van der Waals surface area contributed by atoms with Gasteiger partial charge < -0.3 is 19.3 Å². The van der Waals surface area contributed by atoms with Gasteiger partial charge >= 0.3 is 5.97 Å². The number of carbonyl (C=O) groups is 2. The fraction of sp³-hybridized carbons (Fsp3) is 0.467. The molecule has 0 fully saturated rings. The van der Waals surface area contributed by atoms with Gasteiger partial charge in [0.15, 0.2) is 5.78 Å². The van der Waals surface area contributed by atoms with Crippen molar-refractivity contribution >= 4 is 11.8 Å². The molecule has 0 saturated carbocycles. The fourth-order valence-electron chi connectivity index (χ4n) is 2.37. The van der Waals surface area contributed by atoms with E-state index in [2.05, 4.69) is 0 Å². The third kappa shape index (κ3) is 3.09. The van der Waals surface area contributed by atoms with Gasteiger partial charge in [-0.3, -0.25) is 9.59 Å². The van der Waals surface area contributed by atoms with E-state index in [9.17, 15) is 14.7 Å². The highest BCUT2D eigenvalue weighted by Crippen LogP contribution is 2.42. The van der Waals surface area contributed by atoms with Crippen LogP contribution in [0.3, 0.4) is 0 Å². The van der Waals surface area contributed by atoms with Crippen LogP contribution in [0.4, 0.5) is 0 Å². The Morgan fingerprint density at radius 2 is 2.24 bits per heavy atom. The van der Waals surface area contributed by atoms with Crippen molar-refractivity contribution in [1.29, 1.82) is 0 Å². The fourth-order valence-corrected chi connectivity index (χ4v) is 2.37. The first-order valence-electron chi connectivity index (χ1n) is 6.70. The van der Waals surface area contributed by atoms with Crippen molar-refractivity contribution < 1.29 is 28.9 Å². The standard InChI is InChI=1S/C15H18O6/c1-8-6-11(17)14-13(21-8)7-12(19-3)10(15(14)18)4-5-20-9(2)16/h7-8,18H,4-6H2,1-3H3/t8-/m1/s1. The number of Topliss-reactive ketones (excluding diaryl/α,β-unsaturated/α-hetero) is 1. The highest BCUT2D eigenvalue weighted by molar-refractivity contribution is 6.03. The molecule has 6 heteroatoms. The number of hydrogen-bond donors (Lipinski definition) is 1. The van der Waals surface area contributed by atoms with Crippen molar-refractivity contribution in [1.82, 2.24) is 0 Å². The second-order valence-corrected chi connectivity index (χ2v) is 4.92. The van der Waals surface area contributed by atoms with E-state index in [-0.39, 0.29) is 42.6 Å². The average molecular weight is 294 g/mol. The summed E-state index contributed by atoms with van der Waals surface area (Å²) in [5.74, 6) is -0.00432. The predicted octanol–water partition coefficient (Wildman–Crippen LogP) is 1.86. The second kappa shape index (κ2) is 6.03. The van der Waals surface area contributed by atoms with Crippen molar-refractivity contribution in [3.63, 3.8) is 0 Å². The third-order valence-electron chi connectivity index (χ3n) is 3.29. The minimum Gasteiger partial charge on any atom is -0.507 e. The van der Waals surface area contributed by atoms with E-state index in [0.717, 1.165) is 0 Å². The molecule has 0 amide bonds. The topological polar surface area (TPSA) is 82.1 Å². The molecule has 0 aromatic heterocycles. The summed E-state index contributed by atoms with van der Waals surface area (Å²) in [6.45, 7) is 3.20. The maximum atomic E-state index is 12.1. The summed E-state index contributed by atoms with van der Waals surface area (Å²) >= 11 is 0. The lowest BCUT2D eigenvalue weighted by molar-refractivity contribution is -0.140. The molecular weight excluding hydrogens is 276 g/mol. The van der Waals surface area contributed by atoms with Gasteiger partial charge in [0.05, 0.1) is 13.7 Å². The van der Waals surface area contributed by atoms with E-state index in [1.54, 1.807) is 13.0 Å². The van der Waals surface area contributed by atoms with Crippen LogP contribution in [-0.2, 0) is 16.0 Å². The molecule has 21 heavy (non-hydrogen) atoms. The van der Waals surface area contributed by atoms with E-state index in [4.69, 9.17) is 14.2 Å². The summed E-state index contributed by atoms with van der Waals surface area (Å²) in [4.78, 5) is 22.9. The Balaban J connectivity index is 2.38. The molecule has 0 bridgehead atoms. The molecular formula is C15H18O6. The number of hydrogen-bond acceptors (Lipinski definition) is 6. The van der Waals surface area contributed by atoms with Crippen molar-refractivity contribution in [3.05, 3.63) is 17.2 Å². The summed E-state index contributed by atoms with van der Waals surface area (Å²) in [7, 11) is 1.46. The van der Waals surface area contributed by atoms with Gasteiger partial charge in [-0.25, -0.2) is 0 Å². The lowest BCUT2D eigenvalue weighted by Crippen LogP contribution is -2.24. The first-order valence-corrected chi connectivity index (χ1v) is 6.70. The Hall–Kier alpha value is -2.24. The zero-order valence-electron chi connectivity index (χ0n) is 12.3. The molecule has 1 heterocycles. The molecule has 0 unspecified atom stereocenters. The number of phenols is 1. The van der Waals surface area contributed by atoms with Crippen molar-refractivity contribution in [3.8, 4) is 17.2 Å². The summed E-state index contributed by atoms with van der Waals surface area (Å²) in [6, 6.07) is 1.59. The minimum absolute atomic E-state index is 0.101. The molecule has 0 saturated heterocycles. The summed E-state index contributed by atoms with van der Waals surface area (Å²) in [5, 5.41) is 10.3. The van der Waals surface area contributed by atoms with Crippen LogP contribution in [-0.4, -0.2) is 36.7 Å². The number of methoxy groups -OCH3 is 1. The molecule has 0 radical (unpaired) electrons. The summed E-state index contributed by atoms with van der Waals surface area (Å²) in [6.07, 6.45) is 0.238. The van der Waals surface area contributed by atoms with E-state index >= 15 is 0 Å². The number of rotatable bonds is 4. The van der Waals surface area contributed by atoms with Crippen LogP contribution in [0.15, 0.2) is 6.07 Å². The maximum Gasteiger partial charge on any atom is 0.302 e. The number of aromatic hydroxyl groups is 1. The molecule has 0 spiro atoms. The van der Waals surface area contributed by atoms with Gasteiger partial charge in [0.1, 0.15) is 28.9 Å². The van der Waals surface area contributed by atoms with Crippen molar-refractivity contribution in [2.45, 2.75) is 32.8 Å². The summed E-state index contributed by atoms with van der Waals surface area (Å²) < 4.78 is 15.7. The Morgan fingerprint density at radius 1 is 1.52 bits per heavy atom. The average Bonchev–Trinajstić information content (AvgIpc) is 2.39. The zero-order chi connectivity index (χ0) is 15.6. The molecule has 1 aromatic carbocycles. The molecule has 1 aromatic rings. The molecule has 6 nitrogen and oxygen atoms in total. The van der Waals surface area contributed by atoms with Crippen LogP contribution in [0.25, 0.3) is 0 Å². The van der Waals surface area contributed by atoms with Crippen LogP contribution < -0.4 is 9.47 Å². The Bertz CT molecular complexity index is 578. The molecule has 1 N–H and O–H groups in total. The Morgan fingerprint density at radius 3 is 2.86 bits per heavy atom. The first kappa shape index (κ1) is 15.2. The zero-order valence-corrected chi connectivity index (χ0v) is 12.3. The number of esters is 1. The first-order chi connectivity index (χ1) is 9.93. The van der Waals surface area contributed by atoms with Crippen molar-refractivity contribution in [2.75, 3.05) is 13.7 Å². The predicted molar refractivity (Wildman–Crippen MR) is 74.0 cm³/mol. The molecule has 114 valence electrons. The van der Waals surface area contributed by atoms with E-state index < -0.39 is 5.97 Å².